The van der Waals surface area contributed by atoms with Crippen LogP contribution >= 0.6 is 0 Å². The molecular weight excluding hydrogens is 554 g/mol. The molecule has 3 heterocycles. The van der Waals surface area contributed by atoms with Gasteiger partial charge in [-0.2, -0.15) is 0 Å². The molecular formula is C23H45N5O13. The Labute approximate surface area is 236 Å². The lowest BCUT2D eigenvalue weighted by Crippen LogP contribution is -2.65. The second kappa shape index (κ2) is 13.9. The van der Waals surface area contributed by atoms with Crippen molar-refractivity contribution in [3.8, 4) is 0 Å². The van der Waals surface area contributed by atoms with Crippen molar-refractivity contribution in [3.63, 3.8) is 0 Å². The Morgan fingerprint density at radius 1 is 0.585 bits per heavy atom. The van der Waals surface area contributed by atoms with E-state index in [0.717, 1.165) is 0 Å². The van der Waals surface area contributed by atoms with Crippen LogP contribution in [0.3, 0.4) is 0 Å². The molecule has 0 radical (unpaired) electrons. The standard InChI is InChI=1S/C23H45N5O13/c24-3-9-14(31)16(33)12(27)21(37-9)41-20-11(5-30)39-23(18(20)35)36-8-2-6(25)1-7(26)19(8)40-22-13(28)17(34)15(32)10(4-29)38-22/h6-23,29-35H,1-5,24-28H2/t6-,7+,8-,9+,10+,11-,12+,13+,14+,15+,16+,17+,18+,19-,20-,21-,22-,23+/m1/s1. The number of nitrogens with two attached hydrogens (primary N) is 5. The fourth-order valence-electron chi connectivity index (χ4n) is 5.72. The lowest BCUT2D eigenvalue weighted by atomic mass is 9.86. The van der Waals surface area contributed by atoms with E-state index in [-0.39, 0.29) is 13.0 Å². The maximum atomic E-state index is 11.1. The van der Waals surface area contributed by atoms with Crippen molar-refractivity contribution in [2.45, 2.75) is 123 Å². The Morgan fingerprint density at radius 3 is 1.66 bits per heavy atom. The molecule has 18 nitrogen and oxygen atoms in total. The third-order valence-corrected chi connectivity index (χ3v) is 8.17. The van der Waals surface area contributed by atoms with Crippen molar-refractivity contribution >= 4 is 0 Å². The molecule has 1 aliphatic carbocycles. The van der Waals surface area contributed by atoms with Crippen LogP contribution in [-0.2, 0) is 28.4 Å². The van der Waals surface area contributed by atoms with Crippen molar-refractivity contribution in [3.05, 3.63) is 0 Å². The topological polar surface area (TPSA) is 327 Å². The van der Waals surface area contributed by atoms with E-state index in [1.807, 2.05) is 0 Å². The normalized spacial score (nSPS) is 53.0. The van der Waals surface area contributed by atoms with E-state index in [1.165, 1.54) is 0 Å². The molecule has 18 atom stereocenters. The minimum Gasteiger partial charge on any atom is -0.394 e. The fraction of sp³-hybridized carbons (Fsp3) is 1.00. The molecule has 17 N–H and O–H groups in total. The molecule has 0 bridgehead atoms. The monoisotopic (exact) mass is 599 g/mol. The van der Waals surface area contributed by atoms with Gasteiger partial charge in [0.25, 0.3) is 0 Å². The Morgan fingerprint density at radius 2 is 1.10 bits per heavy atom. The van der Waals surface area contributed by atoms with Gasteiger partial charge in [0.15, 0.2) is 18.9 Å². The minimum absolute atomic E-state index is 0.142. The Hall–Kier alpha value is -0.720. The largest absolute Gasteiger partial charge is 0.394 e. The van der Waals surface area contributed by atoms with Crippen molar-refractivity contribution in [1.29, 1.82) is 0 Å². The van der Waals surface area contributed by atoms with E-state index >= 15 is 0 Å². The zero-order valence-electron chi connectivity index (χ0n) is 22.4. The molecule has 18 heteroatoms. The zero-order valence-corrected chi connectivity index (χ0v) is 22.4. The average Bonchev–Trinajstić information content (AvgIpc) is 3.24. The highest BCUT2D eigenvalue weighted by Gasteiger charge is 2.52. The summed E-state index contributed by atoms with van der Waals surface area (Å²) in [6.07, 6.45) is -16.9. The first-order chi connectivity index (χ1) is 19.4. The summed E-state index contributed by atoms with van der Waals surface area (Å²) >= 11 is 0. The van der Waals surface area contributed by atoms with Crippen molar-refractivity contribution in [2.75, 3.05) is 19.8 Å². The Balaban J connectivity index is 1.46. The van der Waals surface area contributed by atoms with Crippen LogP contribution in [0.2, 0.25) is 0 Å². The highest BCUT2D eigenvalue weighted by atomic mass is 16.8. The smallest absolute Gasteiger partial charge is 0.187 e. The van der Waals surface area contributed by atoms with E-state index in [1.54, 1.807) is 0 Å². The van der Waals surface area contributed by atoms with Gasteiger partial charge in [-0.05, 0) is 12.8 Å². The second-order valence-electron chi connectivity index (χ2n) is 11.1. The van der Waals surface area contributed by atoms with E-state index in [2.05, 4.69) is 0 Å². The first-order valence-electron chi connectivity index (χ1n) is 13.7. The Bertz CT molecular complexity index is 835. The first-order valence-corrected chi connectivity index (χ1v) is 13.7. The summed E-state index contributed by atoms with van der Waals surface area (Å²) in [5, 5.41) is 71.3. The maximum Gasteiger partial charge on any atom is 0.187 e. The SMILES string of the molecule is NC[C@@H]1O[C@H](O[C@H]2[C@H](O)[C@@H](O[C@@H]3C[C@H](N)C[C@H](N)[C@H]3O[C@H]3O[C@@H](CO)[C@H](O)[C@@H](O)[C@@H]3N)O[C@@H]2CO)[C@@H](N)[C@H](O)[C@H]1O. The van der Waals surface area contributed by atoms with Crippen LogP contribution in [0, 0.1) is 0 Å². The van der Waals surface area contributed by atoms with E-state index < -0.39 is 123 Å². The van der Waals surface area contributed by atoms with Crippen LogP contribution in [0.25, 0.3) is 0 Å². The zero-order chi connectivity index (χ0) is 30.2. The highest BCUT2D eigenvalue weighted by molar-refractivity contribution is 4.99. The van der Waals surface area contributed by atoms with Gasteiger partial charge in [-0.1, -0.05) is 0 Å². The molecule has 0 amide bonds. The number of aliphatic hydroxyl groups excluding tert-OH is 7. The predicted octanol–water partition coefficient (Wildman–Crippen LogP) is -7.83. The summed E-state index contributed by atoms with van der Waals surface area (Å²) < 4.78 is 34.8. The number of hydrogen-bond acceptors (Lipinski definition) is 18. The van der Waals surface area contributed by atoms with Gasteiger partial charge >= 0.3 is 0 Å². The quantitative estimate of drug-likeness (QED) is 0.117. The molecule has 0 spiro atoms. The lowest BCUT2D eigenvalue weighted by Gasteiger charge is -2.45. The summed E-state index contributed by atoms with van der Waals surface area (Å²) in [6.45, 7) is -1.34. The summed E-state index contributed by atoms with van der Waals surface area (Å²) in [5.41, 5.74) is 30.1. The van der Waals surface area contributed by atoms with Crippen molar-refractivity contribution < 1.29 is 64.2 Å². The number of hydrogen-bond donors (Lipinski definition) is 12. The highest BCUT2D eigenvalue weighted by Crippen LogP contribution is 2.34. The summed E-state index contributed by atoms with van der Waals surface area (Å²) in [6, 6.07) is -3.51. The number of rotatable bonds is 9. The van der Waals surface area contributed by atoms with Crippen LogP contribution < -0.4 is 28.7 Å². The Kier molecular flexibility index (Phi) is 11.3. The molecule has 4 rings (SSSR count). The predicted molar refractivity (Wildman–Crippen MR) is 135 cm³/mol. The minimum atomic E-state index is -1.50. The number of aliphatic hydroxyl groups is 7. The first kappa shape index (κ1) is 33.2. The molecule has 4 aliphatic rings. The summed E-state index contributed by atoms with van der Waals surface area (Å²) in [4.78, 5) is 0. The molecule has 0 unspecified atom stereocenters. The van der Waals surface area contributed by atoms with Crippen LogP contribution in [0.1, 0.15) is 12.8 Å². The van der Waals surface area contributed by atoms with Crippen LogP contribution in [-0.4, -0.2) is 166 Å². The molecule has 0 aromatic carbocycles. The van der Waals surface area contributed by atoms with Gasteiger partial charge < -0.3 is 92.8 Å². The van der Waals surface area contributed by atoms with Gasteiger partial charge in [0.2, 0.25) is 0 Å². The number of ether oxygens (including phenoxy) is 6. The third-order valence-electron chi connectivity index (χ3n) is 8.17. The summed E-state index contributed by atoms with van der Waals surface area (Å²) in [5.74, 6) is 0. The van der Waals surface area contributed by atoms with E-state index in [9.17, 15) is 35.7 Å². The van der Waals surface area contributed by atoms with Gasteiger partial charge in [-0.15, -0.1) is 0 Å². The van der Waals surface area contributed by atoms with Crippen LogP contribution in [0.15, 0.2) is 0 Å². The maximum absolute atomic E-state index is 11.1. The molecule has 4 fully saturated rings. The lowest BCUT2D eigenvalue weighted by molar-refractivity contribution is -0.302. The van der Waals surface area contributed by atoms with Gasteiger partial charge in [0, 0.05) is 18.6 Å². The molecule has 1 saturated carbocycles. The molecule has 0 aromatic rings. The average molecular weight is 600 g/mol. The van der Waals surface area contributed by atoms with E-state index in [4.69, 9.17) is 57.1 Å². The molecule has 0 aromatic heterocycles. The molecule has 3 saturated heterocycles. The van der Waals surface area contributed by atoms with Gasteiger partial charge in [0.05, 0.1) is 31.4 Å². The summed E-state index contributed by atoms with van der Waals surface area (Å²) in [7, 11) is 0. The van der Waals surface area contributed by atoms with Crippen LogP contribution in [0.5, 0.6) is 0 Å². The van der Waals surface area contributed by atoms with Crippen molar-refractivity contribution in [2.24, 2.45) is 28.7 Å². The molecule has 41 heavy (non-hydrogen) atoms. The van der Waals surface area contributed by atoms with Gasteiger partial charge in [-0.3, -0.25) is 0 Å². The van der Waals surface area contributed by atoms with Crippen molar-refractivity contribution in [1.82, 2.24) is 0 Å². The fourth-order valence-corrected chi connectivity index (χ4v) is 5.72. The second-order valence-corrected chi connectivity index (χ2v) is 11.1. The van der Waals surface area contributed by atoms with Gasteiger partial charge in [-0.25, -0.2) is 0 Å². The molecule has 240 valence electrons. The molecule has 3 aliphatic heterocycles. The van der Waals surface area contributed by atoms with Gasteiger partial charge in [0.1, 0.15) is 61.0 Å². The third kappa shape index (κ3) is 6.85. The van der Waals surface area contributed by atoms with Crippen LogP contribution in [0.4, 0.5) is 0 Å². The van der Waals surface area contributed by atoms with E-state index in [0.29, 0.717) is 6.42 Å².